The second-order valence-electron chi connectivity index (χ2n) is 9.30. The van der Waals surface area contributed by atoms with Crippen LogP contribution in [0.1, 0.15) is 39.7 Å². The molecule has 3 rings (SSSR count). The number of fused-ring (bicyclic) bond motifs is 1. The van der Waals surface area contributed by atoms with Crippen LogP contribution in [0.25, 0.3) is 10.8 Å². The largest absolute Gasteiger partial charge is 0.497 e. The van der Waals surface area contributed by atoms with Crippen LogP contribution >= 0.6 is 0 Å². The number of amides is 2. The average Bonchev–Trinajstić information content (AvgIpc) is 2.81. The summed E-state index contributed by atoms with van der Waals surface area (Å²) in [7, 11) is 1.60. The number of nitrogens with zero attached hydrogens (tertiary/aromatic N) is 1. The first kappa shape index (κ1) is 25.1. The summed E-state index contributed by atoms with van der Waals surface area (Å²) in [5, 5.41) is 4.99. The molecule has 0 radical (unpaired) electrons. The van der Waals surface area contributed by atoms with E-state index in [0.29, 0.717) is 17.9 Å². The van der Waals surface area contributed by atoms with Gasteiger partial charge in [0, 0.05) is 17.5 Å². The molecule has 3 aromatic carbocycles. The fourth-order valence-electron chi connectivity index (χ4n) is 3.88. The van der Waals surface area contributed by atoms with Crippen molar-refractivity contribution in [2.24, 2.45) is 0 Å². The number of methoxy groups -OCH3 is 1. The van der Waals surface area contributed by atoms with E-state index in [4.69, 9.17) is 9.47 Å². The Kier molecular flexibility index (Phi) is 8.16. The Labute approximate surface area is 201 Å². The van der Waals surface area contributed by atoms with Gasteiger partial charge in [0.2, 0.25) is 5.91 Å². The van der Waals surface area contributed by atoms with Gasteiger partial charge in [0.1, 0.15) is 17.5 Å². The Morgan fingerprint density at radius 2 is 1.71 bits per heavy atom. The molecule has 0 aliphatic rings. The molecule has 180 valence electrons. The molecule has 0 aromatic heterocycles. The number of ether oxygens (including phenoxy) is 2. The van der Waals surface area contributed by atoms with Crippen molar-refractivity contribution in [2.75, 3.05) is 13.7 Å². The van der Waals surface area contributed by atoms with Crippen LogP contribution in [0.3, 0.4) is 0 Å². The molecule has 0 aliphatic carbocycles. The van der Waals surface area contributed by atoms with Crippen LogP contribution in [0.2, 0.25) is 0 Å². The van der Waals surface area contributed by atoms with E-state index in [1.165, 1.54) is 0 Å². The number of hydrogen-bond acceptors (Lipinski definition) is 4. The van der Waals surface area contributed by atoms with Gasteiger partial charge in [-0.05, 0) is 56.3 Å². The van der Waals surface area contributed by atoms with Crippen LogP contribution in [0.5, 0.6) is 11.5 Å². The number of benzene rings is 3. The van der Waals surface area contributed by atoms with E-state index < -0.39 is 11.6 Å². The topological polar surface area (TPSA) is 67.9 Å². The number of rotatable bonds is 9. The summed E-state index contributed by atoms with van der Waals surface area (Å²) >= 11 is 0. The van der Waals surface area contributed by atoms with Crippen molar-refractivity contribution in [1.82, 2.24) is 10.2 Å². The molecule has 0 saturated heterocycles. The first-order chi connectivity index (χ1) is 16.2. The fraction of sp³-hybridized carbons (Fsp3) is 0.357. The van der Waals surface area contributed by atoms with E-state index in [1.807, 2.05) is 94.4 Å². The van der Waals surface area contributed by atoms with Crippen molar-refractivity contribution in [1.29, 1.82) is 0 Å². The van der Waals surface area contributed by atoms with Gasteiger partial charge in [0.05, 0.1) is 7.11 Å². The monoisotopic (exact) mass is 462 g/mol. The summed E-state index contributed by atoms with van der Waals surface area (Å²) in [5.41, 5.74) is 0.467. The minimum atomic E-state index is -0.631. The highest BCUT2D eigenvalue weighted by molar-refractivity contribution is 5.90. The molecule has 1 atom stereocenters. The van der Waals surface area contributed by atoms with E-state index in [2.05, 4.69) is 5.32 Å². The summed E-state index contributed by atoms with van der Waals surface area (Å²) in [6.07, 6.45) is 0.478. The van der Waals surface area contributed by atoms with Crippen LogP contribution in [0.4, 0.5) is 0 Å². The van der Waals surface area contributed by atoms with Gasteiger partial charge in [0.25, 0.3) is 5.91 Å². The van der Waals surface area contributed by atoms with Gasteiger partial charge in [-0.15, -0.1) is 0 Å². The SMILES string of the molecule is CCC(C(=O)NC(C)(C)C)N(Cc1cccc(OC)c1)C(=O)COc1cccc2ccccc12. The lowest BCUT2D eigenvalue weighted by atomic mass is 10.1. The summed E-state index contributed by atoms with van der Waals surface area (Å²) in [6, 6.07) is 20.5. The van der Waals surface area contributed by atoms with E-state index in [1.54, 1.807) is 12.0 Å². The van der Waals surface area contributed by atoms with Crippen LogP contribution in [0, 0.1) is 0 Å². The summed E-state index contributed by atoms with van der Waals surface area (Å²) in [4.78, 5) is 28.2. The van der Waals surface area contributed by atoms with Gasteiger partial charge in [-0.2, -0.15) is 0 Å². The molecule has 0 aliphatic heterocycles. The normalized spacial score (nSPS) is 12.1. The minimum Gasteiger partial charge on any atom is -0.497 e. The molecule has 6 heteroatoms. The molecule has 0 saturated carbocycles. The fourth-order valence-corrected chi connectivity index (χ4v) is 3.88. The molecule has 0 spiro atoms. The van der Waals surface area contributed by atoms with Gasteiger partial charge in [-0.25, -0.2) is 0 Å². The Hall–Kier alpha value is -3.54. The Balaban J connectivity index is 1.86. The van der Waals surface area contributed by atoms with Crippen LogP contribution < -0.4 is 14.8 Å². The smallest absolute Gasteiger partial charge is 0.261 e. The lowest BCUT2D eigenvalue weighted by molar-refractivity contribution is -0.143. The van der Waals surface area contributed by atoms with Crippen LogP contribution in [0.15, 0.2) is 66.7 Å². The van der Waals surface area contributed by atoms with Crippen molar-refractivity contribution >= 4 is 22.6 Å². The first-order valence-electron chi connectivity index (χ1n) is 11.6. The highest BCUT2D eigenvalue weighted by Crippen LogP contribution is 2.25. The van der Waals surface area contributed by atoms with Crippen LogP contribution in [-0.2, 0) is 16.1 Å². The molecule has 0 bridgehead atoms. The third-order valence-electron chi connectivity index (χ3n) is 5.47. The number of carbonyl (C=O) groups excluding carboxylic acids is 2. The first-order valence-corrected chi connectivity index (χ1v) is 11.6. The second-order valence-corrected chi connectivity index (χ2v) is 9.30. The summed E-state index contributed by atoms with van der Waals surface area (Å²) < 4.78 is 11.3. The molecule has 0 fully saturated rings. The molecule has 3 aromatic rings. The average molecular weight is 463 g/mol. The highest BCUT2D eigenvalue weighted by Gasteiger charge is 2.31. The van der Waals surface area contributed by atoms with Crippen molar-refractivity contribution in [3.63, 3.8) is 0 Å². The van der Waals surface area contributed by atoms with Crippen molar-refractivity contribution in [2.45, 2.75) is 52.2 Å². The molecule has 6 nitrogen and oxygen atoms in total. The predicted molar refractivity (Wildman–Crippen MR) is 135 cm³/mol. The zero-order valence-corrected chi connectivity index (χ0v) is 20.6. The van der Waals surface area contributed by atoms with Gasteiger partial charge < -0.3 is 19.7 Å². The summed E-state index contributed by atoms with van der Waals surface area (Å²) in [5.74, 6) is 0.895. The Morgan fingerprint density at radius 3 is 2.41 bits per heavy atom. The van der Waals surface area contributed by atoms with E-state index >= 15 is 0 Å². The van der Waals surface area contributed by atoms with Crippen molar-refractivity contribution < 1.29 is 19.1 Å². The molecule has 1 unspecified atom stereocenters. The molecule has 1 N–H and O–H groups in total. The van der Waals surface area contributed by atoms with Crippen molar-refractivity contribution in [3.8, 4) is 11.5 Å². The third kappa shape index (κ3) is 6.50. The lowest BCUT2D eigenvalue weighted by Crippen LogP contribution is -2.54. The van der Waals surface area contributed by atoms with Gasteiger partial charge in [0.15, 0.2) is 6.61 Å². The third-order valence-corrected chi connectivity index (χ3v) is 5.47. The lowest BCUT2D eigenvalue weighted by Gasteiger charge is -2.33. The maximum atomic E-state index is 13.5. The minimum absolute atomic E-state index is 0.169. The molecular weight excluding hydrogens is 428 g/mol. The predicted octanol–water partition coefficient (Wildman–Crippen LogP) is 4.95. The number of nitrogens with one attached hydrogen (secondary N) is 1. The van der Waals surface area contributed by atoms with Gasteiger partial charge in [-0.1, -0.05) is 55.5 Å². The maximum absolute atomic E-state index is 13.5. The van der Waals surface area contributed by atoms with Crippen molar-refractivity contribution in [3.05, 3.63) is 72.3 Å². The zero-order valence-electron chi connectivity index (χ0n) is 20.6. The summed E-state index contributed by atoms with van der Waals surface area (Å²) in [6.45, 7) is 7.78. The van der Waals surface area contributed by atoms with E-state index in [-0.39, 0.29) is 25.0 Å². The number of carbonyl (C=O) groups is 2. The quantitative estimate of drug-likeness (QED) is 0.489. The molecular formula is C28H34N2O4. The zero-order chi connectivity index (χ0) is 24.7. The Bertz CT molecular complexity index is 1130. The second kappa shape index (κ2) is 11.1. The van der Waals surface area contributed by atoms with E-state index in [9.17, 15) is 9.59 Å². The van der Waals surface area contributed by atoms with Gasteiger partial charge in [-0.3, -0.25) is 9.59 Å². The molecule has 34 heavy (non-hydrogen) atoms. The Morgan fingerprint density at radius 1 is 1.00 bits per heavy atom. The molecule has 0 heterocycles. The van der Waals surface area contributed by atoms with E-state index in [0.717, 1.165) is 16.3 Å². The maximum Gasteiger partial charge on any atom is 0.261 e. The number of hydrogen-bond donors (Lipinski definition) is 1. The molecule has 2 amide bonds. The van der Waals surface area contributed by atoms with Gasteiger partial charge >= 0.3 is 0 Å². The standard InChI is InChI=1S/C28H34N2O4/c1-6-24(27(32)29-28(2,3)4)30(18-20-11-9-14-22(17-20)33-5)26(31)19-34-25-16-10-13-21-12-7-8-15-23(21)25/h7-17,24H,6,18-19H2,1-5H3,(H,29,32). The highest BCUT2D eigenvalue weighted by atomic mass is 16.5. The van der Waals surface area contributed by atoms with Crippen LogP contribution in [-0.4, -0.2) is 42.0 Å².